The number of esters is 1. The van der Waals surface area contributed by atoms with E-state index < -0.39 is 17.0 Å². The molecule has 1 aliphatic heterocycles. The van der Waals surface area contributed by atoms with Crippen molar-refractivity contribution in [2.75, 3.05) is 0 Å². The van der Waals surface area contributed by atoms with Gasteiger partial charge in [-0.15, -0.1) is 0 Å². The molecule has 0 radical (unpaired) electrons. The molecule has 0 aromatic heterocycles. The number of para-hydroxylation sites is 1. The topological polar surface area (TPSA) is 26.3 Å². The minimum atomic E-state index is -1.32. The van der Waals surface area contributed by atoms with E-state index in [1.54, 1.807) is 24.3 Å². The van der Waals surface area contributed by atoms with Crippen molar-refractivity contribution in [1.82, 2.24) is 0 Å². The Hall–Kier alpha value is -0.900. The number of hydrogen-bond acceptors (Lipinski definition) is 2. The average Bonchev–Trinajstić information content (AvgIpc) is 2.15. The standard InChI is InChI=1S/C9H6BrFO2/c10-7-8(11)5-3-1-2-4-6(5)13-9(7)12/h1-4,7-8H/t7-,8+/m0/s1. The largest absolute Gasteiger partial charge is 0.425 e. The third kappa shape index (κ3) is 1.35. The second-order valence-electron chi connectivity index (χ2n) is 2.76. The molecule has 1 aliphatic rings. The summed E-state index contributed by atoms with van der Waals surface area (Å²) < 4.78 is 18.4. The number of fused-ring (bicyclic) bond motifs is 1. The molecule has 4 heteroatoms. The molecule has 0 bridgehead atoms. The number of carbonyl (C=O) groups excluding carboxylic acids is 1. The molecule has 1 heterocycles. The summed E-state index contributed by atoms with van der Waals surface area (Å²) in [4.78, 5) is 10.2. The second kappa shape index (κ2) is 3.10. The van der Waals surface area contributed by atoms with E-state index in [0.717, 1.165) is 0 Å². The minimum absolute atomic E-state index is 0.315. The van der Waals surface area contributed by atoms with E-state index in [4.69, 9.17) is 4.74 Å². The molecule has 0 fully saturated rings. The SMILES string of the molecule is O=C1Oc2ccccc2[C@@H](F)[C@@H]1Br. The first-order chi connectivity index (χ1) is 6.20. The second-order valence-corrected chi connectivity index (χ2v) is 3.75. The van der Waals surface area contributed by atoms with Gasteiger partial charge < -0.3 is 4.74 Å². The van der Waals surface area contributed by atoms with E-state index in [9.17, 15) is 9.18 Å². The normalized spacial score (nSPS) is 26.5. The summed E-state index contributed by atoms with van der Waals surface area (Å²) in [5.41, 5.74) is 0.420. The number of carbonyl (C=O) groups is 1. The van der Waals surface area contributed by atoms with Crippen molar-refractivity contribution >= 4 is 21.9 Å². The zero-order chi connectivity index (χ0) is 9.42. The zero-order valence-corrected chi connectivity index (χ0v) is 8.12. The summed E-state index contributed by atoms with van der Waals surface area (Å²) in [6, 6.07) is 6.61. The molecule has 0 amide bonds. The van der Waals surface area contributed by atoms with Crippen molar-refractivity contribution < 1.29 is 13.9 Å². The van der Waals surface area contributed by atoms with Gasteiger partial charge in [-0.3, -0.25) is 4.79 Å². The molecule has 2 rings (SSSR count). The fraction of sp³-hybridized carbons (Fsp3) is 0.222. The first-order valence-corrected chi connectivity index (χ1v) is 4.70. The molecule has 0 N–H and O–H groups in total. The Balaban J connectivity index is 2.49. The van der Waals surface area contributed by atoms with Gasteiger partial charge in [-0.25, -0.2) is 4.39 Å². The lowest BCUT2D eigenvalue weighted by Gasteiger charge is -2.22. The predicted molar refractivity (Wildman–Crippen MR) is 48.6 cm³/mol. The number of rotatable bonds is 0. The van der Waals surface area contributed by atoms with Gasteiger partial charge in [0.25, 0.3) is 0 Å². The van der Waals surface area contributed by atoms with E-state index >= 15 is 0 Å². The highest BCUT2D eigenvalue weighted by Gasteiger charge is 2.35. The van der Waals surface area contributed by atoms with Gasteiger partial charge in [0.15, 0.2) is 6.17 Å². The Kier molecular flexibility index (Phi) is 2.07. The molecule has 0 unspecified atom stereocenters. The quantitative estimate of drug-likeness (QED) is 0.398. The lowest BCUT2D eigenvalue weighted by atomic mass is 10.0. The number of ether oxygens (including phenoxy) is 1. The molecule has 0 saturated carbocycles. The third-order valence-electron chi connectivity index (χ3n) is 1.91. The molecule has 68 valence electrons. The van der Waals surface area contributed by atoms with E-state index in [0.29, 0.717) is 11.3 Å². The summed E-state index contributed by atoms with van der Waals surface area (Å²) in [7, 11) is 0. The van der Waals surface area contributed by atoms with Crippen molar-refractivity contribution in [3.8, 4) is 5.75 Å². The average molecular weight is 245 g/mol. The van der Waals surface area contributed by atoms with Crippen molar-refractivity contribution in [2.24, 2.45) is 0 Å². The van der Waals surface area contributed by atoms with E-state index in [1.165, 1.54) is 0 Å². The van der Waals surface area contributed by atoms with Crippen molar-refractivity contribution in [3.63, 3.8) is 0 Å². The first kappa shape index (κ1) is 8.69. The van der Waals surface area contributed by atoms with Crippen LogP contribution in [-0.2, 0) is 4.79 Å². The Labute approximate surface area is 82.8 Å². The van der Waals surface area contributed by atoms with Crippen molar-refractivity contribution in [2.45, 2.75) is 11.0 Å². The van der Waals surface area contributed by atoms with Crippen molar-refractivity contribution in [1.29, 1.82) is 0 Å². The zero-order valence-electron chi connectivity index (χ0n) is 6.54. The lowest BCUT2D eigenvalue weighted by molar-refractivity contribution is -0.136. The molecule has 1 aromatic carbocycles. The van der Waals surface area contributed by atoms with Crippen LogP contribution in [0.5, 0.6) is 5.75 Å². The maximum atomic E-state index is 13.5. The van der Waals surface area contributed by atoms with Crippen LogP contribution in [0, 0.1) is 0 Å². The fourth-order valence-electron chi connectivity index (χ4n) is 1.24. The lowest BCUT2D eigenvalue weighted by Crippen LogP contribution is -2.29. The van der Waals surface area contributed by atoms with Gasteiger partial charge in [-0.2, -0.15) is 0 Å². The van der Waals surface area contributed by atoms with E-state index in [2.05, 4.69) is 15.9 Å². The molecular weight excluding hydrogens is 239 g/mol. The molecule has 13 heavy (non-hydrogen) atoms. The van der Waals surface area contributed by atoms with E-state index in [-0.39, 0.29) is 0 Å². The summed E-state index contributed by atoms with van der Waals surface area (Å²) in [6.45, 7) is 0. The maximum Gasteiger partial charge on any atom is 0.328 e. The molecular formula is C9H6BrFO2. The summed E-state index contributed by atoms with van der Waals surface area (Å²) in [6.07, 6.45) is -1.32. The van der Waals surface area contributed by atoms with Crippen LogP contribution in [0.2, 0.25) is 0 Å². The highest BCUT2D eigenvalue weighted by atomic mass is 79.9. The summed E-state index contributed by atoms with van der Waals surface area (Å²) >= 11 is 2.94. The van der Waals surface area contributed by atoms with Crippen LogP contribution in [0.4, 0.5) is 4.39 Å². The molecule has 0 aliphatic carbocycles. The predicted octanol–water partition coefficient (Wildman–Crippen LogP) is 2.38. The number of hydrogen-bond donors (Lipinski definition) is 0. The molecule has 2 nitrogen and oxygen atoms in total. The number of halogens is 2. The maximum absolute atomic E-state index is 13.5. The molecule has 1 aromatic rings. The molecule has 0 spiro atoms. The minimum Gasteiger partial charge on any atom is -0.425 e. The smallest absolute Gasteiger partial charge is 0.328 e. The monoisotopic (exact) mass is 244 g/mol. The van der Waals surface area contributed by atoms with Gasteiger partial charge in [-0.05, 0) is 6.07 Å². The van der Waals surface area contributed by atoms with Gasteiger partial charge in [0.1, 0.15) is 10.6 Å². The van der Waals surface area contributed by atoms with Crippen LogP contribution in [0.25, 0.3) is 0 Å². The van der Waals surface area contributed by atoms with Gasteiger partial charge in [0.05, 0.1) is 0 Å². The van der Waals surface area contributed by atoms with Crippen LogP contribution >= 0.6 is 15.9 Å². The Morgan fingerprint density at radius 1 is 1.38 bits per heavy atom. The first-order valence-electron chi connectivity index (χ1n) is 3.79. The Morgan fingerprint density at radius 3 is 2.85 bits per heavy atom. The van der Waals surface area contributed by atoms with Gasteiger partial charge in [0.2, 0.25) is 0 Å². The van der Waals surface area contributed by atoms with Crippen LogP contribution in [-0.4, -0.2) is 10.8 Å². The molecule has 0 saturated heterocycles. The summed E-state index contributed by atoms with van der Waals surface area (Å²) in [5.74, 6) is -0.262. The van der Waals surface area contributed by atoms with Crippen LogP contribution in [0.3, 0.4) is 0 Å². The Bertz CT molecular complexity index is 353. The van der Waals surface area contributed by atoms with Crippen LogP contribution < -0.4 is 4.74 Å². The van der Waals surface area contributed by atoms with Crippen LogP contribution in [0.1, 0.15) is 11.7 Å². The number of alkyl halides is 2. The molecule has 2 atom stereocenters. The van der Waals surface area contributed by atoms with Gasteiger partial charge in [-0.1, -0.05) is 34.1 Å². The third-order valence-corrected chi connectivity index (χ3v) is 2.75. The van der Waals surface area contributed by atoms with Crippen LogP contribution in [0.15, 0.2) is 24.3 Å². The highest BCUT2D eigenvalue weighted by molar-refractivity contribution is 9.10. The van der Waals surface area contributed by atoms with E-state index in [1.807, 2.05) is 0 Å². The fourth-order valence-corrected chi connectivity index (χ4v) is 1.62. The highest BCUT2D eigenvalue weighted by Crippen LogP contribution is 2.37. The number of benzene rings is 1. The van der Waals surface area contributed by atoms with Gasteiger partial charge in [0, 0.05) is 5.56 Å². The Morgan fingerprint density at radius 2 is 2.08 bits per heavy atom. The van der Waals surface area contributed by atoms with Crippen molar-refractivity contribution in [3.05, 3.63) is 29.8 Å². The van der Waals surface area contributed by atoms with Gasteiger partial charge >= 0.3 is 5.97 Å². The summed E-state index contributed by atoms with van der Waals surface area (Å²) in [5, 5.41) is 0.